The number of ketones is 1. The fraction of sp³-hybridized carbons (Fsp3) is 0.438. The Bertz CT molecular complexity index is 446. The smallest absolute Gasteiger partial charge is 0.167 e. The zero-order chi connectivity index (χ0) is 12.8. The van der Waals surface area contributed by atoms with Crippen molar-refractivity contribution in [1.29, 1.82) is 0 Å². The summed E-state index contributed by atoms with van der Waals surface area (Å²) in [5.74, 6) is 0.977. The van der Waals surface area contributed by atoms with Gasteiger partial charge < -0.3 is 4.74 Å². The van der Waals surface area contributed by atoms with Crippen LogP contribution in [-0.4, -0.2) is 12.4 Å². The summed E-state index contributed by atoms with van der Waals surface area (Å²) in [5.41, 5.74) is 2.06. The second-order valence-electron chi connectivity index (χ2n) is 4.67. The van der Waals surface area contributed by atoms with Gasteiger partial charge in [-0.05, 0) is 44.7 Å². The molecule has 2 nitrogen and oxygen atoms in total. The number of ether oxygens (including phenoxy) is 1. The first-order valence-electron chi connectivity index (χ1n) is 6.73. The van der Waals surface area contributed by atoms with Gasteiger partial charge in [-0.15, -0.1) is 0 Å². The van der Waals surface area contributed by atoms with Crippen molar-refractivity contribution in [1.82, 2.24) is 0 Å². The quantitative estimate of drug-likeness (QED) is 0.574. The topological polar surface area (TPSA) is 26.3 Å². The second-order valence-corrected chi connectivity index (χ2v) is 4.67. The monoisotopic (exact) mass is 244 g/mol. The van der Waals surface area contributed by atoms with Crippen molar-refractivity contribution in [3.8, 4) is 5.75 Å². The summed E-state index contributed by atoms with van der Waals surface area (Å²) in [6.07, 6.45) is 7.48. The van der Waals surface area contributed by atoms with E-state index >= 15 is 0 Å². The van der Waals surface area contributed by atoms with Crippen molar-refractivity contribution in [3.05, 3.63) is 41.5 Å². The third-order valence-electron chi connectivity index (χ3n) is 3.24. The first kappa shape index (κ1) is 12.9. The number of hydrogen-bond donors (Lipinski definition) is 0. The largest absolute Gasteiger partial charge is 0.494 e. The zero-order valence-electron chi connectivity index (χ0n) is 10.9. The average molecular weight is 244 g/mol. The van der Waals surface area contributed by atoms with Crippen molar-refractivity contribution in [3.63, 3.8) is 0 Å². The van der Waals surface area contributed by atoms with E-state index in [1.807, 2.05) is 31.2 Å². The predicted octanol–water partition coefficient (Wildman–Crippen LogP) is 4.16. The van der Waals surface area contributed by atoms with Crippen LogP contribution in [0.25, 0.3) is 0 Å². The van der Waals surface area contributed by atoms with E-state index in [9.17, 15) is 4.79 Å². The Morgan fingerprint density at radius 2 is 2.22 bits per heavy atom. The summed E-state index contributed by atoms with van der Waals surface area (Å²) in [6, 6.07) is 7.48. The van der Waals surface area contributed by atoms with E-state index < -0.39 is 0 Å². The van der Waals surface area contributed by atoms with Crippen LogP contribution in [0.5, 0.6) is 5.75 Å². The number of hydrogen-bond acceptors (Lipinski definition) is 2. The number of carbonyl (C=O) groups is 1. The maximum atomic E-state index is 12.2. The van der Waals surface area contributed by atoms with Gasteiger partial charge in [0, 0.05) is 12.0 Å². The Hall–Kier alpha value is -1.57. The molecule has 0 atom stereocenters. The van der Waals surface area contributed by atoms with Crippen molar-refractivity contribution in [2.75, 3.05) is 6.61 Å². The van der Waals surface area contributed by atoms with Crippen LogP contribution in [0.1, 0.15) is 49.4 Å². The number of benzene rings is 1. The van der Waals surface area contributed by atoms with Gasteiger partial charge in [0.05, 0.1) is 6.61 Å². The van der Waals surface area contributed by atoms with Gasteiger partial charge in [-0.25, -0.2) is 0 Å². The molecule has 1 aliphatic rings. The molecule has 0 radical (unpaired) electrons. The minimum absolute atomic E-state index is 0.199. The fourth-order valence-electron chi connectivity index (χ4n) is 2.30. The molecule has 0 saturated carbocycles. The molecule has 0 spiro atoms. The standard InChI is InChI=1S/C16H20O2/c1-2-18-15-10-6-9-14(12-15)16(17)11-13-7-4-3-5-8-13/h6-7,9-10,12H,2-5,8,11H2,1H3. The molecule has 1 aromatic rings. The van der Waals surface area contributed by atoms with Crippen molar-refractivity contribution in [2.24, 2.45) is 0 Å². The summed E-state index contributed by atoms with van der Waals surface area (Å²) < 4.78 is 5.42. The molecule has 1 aromatic carbocycles. The second kappa shape index (κ2) is 6.39. The molecule has 2 heteroatoms. The Balaban J connectivity index is 2.03. The van der Waals surface area contributed by atoms with E-state index in [0.717, 1.165) is 24.2 Å². The lowest BCUT2D eigenvalue weighted by Crippen LogP contribution is -2.03. The summed E-state index contributed by atoms with van der Waals surface area (Å²) in [5, 5.41) is 0. The Labute approximate surface area is 109 Å². The number of Topliss-reactive ketones (excluding diaryl/α,β-unsaturated/α-hetero) is 1. The van der Waals surface area contributed by atoms with Gasteiger partial charge in [0.1, 0.15) is 5.75 Å². The Morgan fingerprint density at radius 3 is 2.94 bits per heavy atom. The molecule has 0 N–H and O–H groups in total. The average Bonchev–Trinajstić information content (AvgIpc) is 2.40. The fourth-order valence-corrected chi connectivity index (χ4v) is 2.30. The number of rotatable bonds is 5. The minimum atomic E-state index is 0.199. The van der Waals surface area contributed by atoms with Crippen LogP contribution in [0, 0.1) is 0 Å². The molecule has 0 heterocycles. The molecular formula is C16H20O2. The zero-order valence-corrected chi connectivity index (χ0v) is 10.9. The molecule has 96 valence electrons. The van der Waals surface area contributed by atoms with Crippen molar-refractivity contribution >= 4 is 5.78 Å². The maximum Gasteiger partial charge on any atom is 0.167 e. The summed E-state index contributed by atoms with van der Waals surface area (Å²) in [7, 11) is 0. The minimum Gasteiger partial charge on any atom is -0.494 e. The van der Waals surface area contributed by atoms with Gasteiger partial charge in [0.25, 0.3) is 0 Å². The lowest BCUT2D eigenvalue weighted by molar-refractivity contribution is 0.0991. The molecule has 0 fully saturated rings. The van der Waals surface area contributed by atoms with Crippen LogP contribution >= 0.6 is 0 Å². The normalized spacial score (nSPS) is 15.1. The van der Waals surface area contributed by atoms with Crippen LogP contribution in [0.3, 0.4) is 0 Å². The lowest BCUT2D eigenvalue weighted by Gasteiger charge is -2.12. The number of allylic oxidation sites excluding steroid dienone is 2. The molecular weight excluding hydrogens is 224 g/mol. The molecule has 0 bridgehead atoms. The summed E-state index contributed by atoms with van der Waals surface area (Å²) >= 11 is 0. The van der Waals surface area contributed by atoms with Gasteiger partial charge in [-0.3, -0.25) is 4.79 Å². The SMILES string of the molecule is CCOc1cccc(C(=O)CC2=CCCCC2)c1. The maximum absolute atomic E-state index is 12.2. The van der Waals surface area contributed by atoms with Crippen LogP contribution in [-0.2, 0) is 0 Å². The first-order chi connectivity index (χ1) is 8.79. The van der Waals surface area contributed by atoms with E-state index in [0.29, 0.717) is 13.0 Å². The number of carbonyl (C=O) groups excluding carboxylic acids is 1. The van der Waals surface area contributed by atoms with Crippen molar-refractivity contribution in [2.45, 2.75) is 39.0 Å². The third-order valence-corrected chi connectivity index (χ3v) is 3.24. The van der Waals surface area contributed by atoms with Crippen LogP contribution < -0.4 is 4.74 Å². The molecule has 0 amide bonds. The first-order valence-corrected chi connectivity index (χ1v) is 6.73. The third kappa shape index (κ3) is 3.46. The highest BCUT2D eigenvalue weighted by Gasteiger charge is 2.11. The molecule has 0 unspecified atom stereocenters. The van der Waals surface area contributed by atoms with E-state index in [2.05, 4.69) is 6.08 Å². The van der Waals surface area contributed by atoms with Gasteiger partial charge in [0.2, 0.25) is 0 Å². The lowest BCUT2D eigenvalue weighted by atomic mass is 9.94. The van der Waals surface area contributed by atoms with Crippen molar-refractivity contribution < 1.29 is 9.53 Å². The van der Waals surface area contributed by atoms with Crippen LogP contribution in [0.2, 0.25) is 0 Å². The Morgan fingerprint density at radius 1 is 1.33 bits per heavy atom. The van der Waals surface area contributed by atoms with E-state index in [1.54, 1.807) is 0 Å². The summed E-state index contributed by atoms with van der Waals surface area (Å²) in [6.45, 7) is 2.57. The highest BCUT2D eigenvalue weighted by atomic mass is 16.5. The molecule has 1 aliphatic carbocycles. The van der Waals surface area contributed by atoms with Gasteiger partial charge in [0.15, 0.2) is 5.78 Å². The predicted molar refractivity (Wildman–Crippen MR) is 73.1 cm³/mol. The molecule has 2 rings (SSSR count). The van der Waals surface area contributed by atoms with E-state index in [4.69, 9.17) is 4.74 Å². The highest BCUT2D eigenvalue weighted by molar-refractivity contribution is 5.97. The molecule has 0 aliphatic heterocycles. The molecule has 18 heavy (non-hydrogen) atoms. The van der Waals surface area contributed by atoms with E-state index in [1.165, 1.54) is 18.4 Å². The van der Waals surface area contributed by atoms with Gasteiger partial charge in [-0.2, -0.15) is 0 Å². The van der Waals surface area contributed by atoms with Crippen LogP contribution in [0.4, 0.5) is 0 Å². The van der Waals surface area contributed by atoms with Gasteiger partial charge >= 0.3 is 0 Å². The summed E-state index contributed by atoms with van der Waals surface area (Å²) in [4.78, 5) is 12.2. The van der Waals surface area contributed by atoms with Gasteiger partial charge in [-0.1, -0.05) is 23.8 Å². The highest BCUT2D eigenvalue weighted by Crippen LogP contribution is 2.23. The van der Waals surface area contributed by atoms with E-state index in [-0.39, 0.29) is 5.78 Å². The molecule has 0 saturated heterocycles. The Kier molecular flexibility index (Phi) is 4.57. The molecule has 0 aromatic heterocycles. The van der Waals surface area contributed by atoms with Crippen LogP contribution in [0.15, 0.2) is 35.9 Å².